The van der Waals surface area contributed by atoms with E-state index in [-0.39, 0.29) is 5.91 Å². The highest BCUT2D eigenvalue weighted by Gasteiger charge is 2.24. The molecular weight excluding hydrogens is 429 g/mol. The summed E-state index contributed by atoms with van der Waals surface area (Å²) in [7, 11) is 0. The van der Waals surface area contributed by atoms with Crippen LogP contribution in [0.2, 0.25) is 10.0 Å². The first-order valence-electron chi connectivity index (χ1n) is 9.18. The Hall–Kier alpha value is -1.99. The number of carbonyl (C=O) groups is 1. The van der Waals surface area contributed by atoms with Crippen LogP contribution in [-0.4, -0.2) is 37.4 Å². The Morgan fingerprint density at radius 3 is 2.76 bits per heavy atom. The van der Waals surface area contributed by atoms with Crippen LogP contribution in [0.3, 0.4) is 0 Å². The summed E-state index contributed by atoms with van der Waals surface area (Å²) in [5.74, 6) is -0.177. The van der Waals surface area contributed by atoms with Gasteiger partial charge in [0.05, 0.1) is 33.9 Å². The molecule has 0 unspecified atom stereocenters. The lowest BCUT2D eigenvalue weighted by Gasteiger charge is -2.29. The third-order valence-electron chi connectivity index (χ3n) is 4.72. The average molecular weight is 448 g/mol. The van der Waals surface area contributed by atoms with Crippen molar-refractivity contribution in [3.63, 3.8) is 0 Å². The molecule has 150 valence electrons. The fourth-order valence-electron chi connectivity index (χ4n) is 3.15. The van der Waals surface area contributed by atoms with Crippen molar-refractivity contribution in [1.29, 1.82) is 0 Å². The molecule has 4 rings (SSSR count). The molecule has 1 N–H and O–H groups in total. The summed E-state index contributed by atoms with van der Waals surface area (Å²) < 4.78 is 5.42. The van der Waals surface area contributed by atoms with E-state index in [4.69, 9.17) is 27.9 Å². The lowest BCUT2D eigenvalue weighted by Crippen LogP contribution is -2.36. The number of hydrogen-bond donors (Lipinski definition) is 1. The monoisotopic (exact) mass is 447 g/mol. The first-order valence-corrected chi connectivity index (χ1v) is 10.8. The van der Waals surface area contributed by atoms with Gasteiger partial charge in [-0.1, -0.05) is 35.3 Å². The quantitative estimate of drug-likeness (QED) is 0.670. The van der Waals surface area contributed by atoms with Gasteiger partial charge in [-0.25, -0.2) is 4.99 Å². The number of anilines is 1. The number of ether oxygens (including phenoxy) is 1. The molecule has 29 heavy (non-hydrogen) atoms. The zero-order chi connectivity index (χ0) is 20.4. The number of amides is 1. The second-order valence-electron chi connectivity index (χ2n) is 6.69. The fourth-order valence-corrected chi connectivity index (χ4v) is 4.31. The molecule has 0 aromatic heterocycles. The van der Waals surface area contributed by atoms with Crippen molar-refractivity contribution in [2.75, 3.05) is 31.2 Å². The van der Waals surface area contributed by atoms with E-state index in [2.05, 4.69) is 34.3 Å². The number of benzene rings is 2. The van der Waals surface area contributed by atoms with Gasteiger partial charge in [0.15, 0.2) is 5.17 Å². The summed E-state index contributed by atoms with van der Waals surface area (Å²) in [6.45, 7) is 5.34. The third-order valence-corrected chi connectivity index (χ3v) is 6.44. The van der Waals surface area contributed by atoms with E-state index >= 15 is 0 Å². The van der Waals surface area contributed by atoms with Gasteiger partial charge in [0.1, 0.15) is 0 Å². The van der Waals surface area contributed by atoms with Crippen molar-refractivity contribution in [2.24, 2.45) is 4.99 Å². The molecule has 1 amide bonds. The highest BCUT2D eigenvalue weighted by atomic mass is 35.5. The van der Waals surface area contributed by atoms with Crippen LogP contribution in [0.5, 0.6) is 0 Å². The summed E-state index contributed by atoms with van der Waals surface area (Å²) in [6.07, 6.45) is 1.89. The molecule has 2 aliphatic heterocycles. The maximum atomic E-state index is 12.4. The highest BCUT2D eigenvalue weighted by Crippen LogP contribution is 2.35. The number of halogens is 2. The zero-order valence-corrected chi connectivity index (χ0v) is 18.1. The number of carbonyl (C=O) groups excluding carboxylic acids is 1. The number of aliphatic imine (C=N–C) groups is 1. The molecule has 0 spiro atoms. The van der Waals surface area contributed by atoms with Crippen LogP contribution in [0.4, 0.5) is 11.4 Å². The Morgan fingerprint density at radius 1 is 1.21 bits per heavy atom. The van der Waals surface area contributed by atoms with Crippen molar-refractivity contribution in [1.82, 2.24) is 5.32 Å². The summed E-state index contributed by atoms with van der Waals surface area (Å²) in [5, 5.41) is 4.05. The standard InChI is InChI=1S/C21H19Cl2N3O2S/c1-13-11-15(26-7-9-28-10-8-26)6-5-14(13)12-18-20(27)25-21(29-18)24-17-4-2-3-16(22)19(17)23/h2-6,11-12H,7-10H2,1H3,(H,24,25,27)/b18-12-. The van der Waals surface area contributed by atoms with Crippen LogP contribution in [0.1, 0.15) is 11.1 Å². The Labute approximate surface area is 183 Å². The van der Waals surface area contributed by atoms with Gasteiger partial charge in [-0.2, -0.15) is 0 Å². The predicted octanol–water partition coefficient (Wildman–Crippen LogP) is 5.03. The van der Waals surface area contributed by atoms with Gasteiger partial charge >= 0.3 is 0 Å². The van der Waals surface area contributed by atoms with Gasteiger partial charge < -0.3 is 15.0 Å². The van der Waals surface area contributed by atoms with Crippen LogP contribution in [-0.2, 0) is 9.53 Å². The lowest BCUT2D eigenvalue weighted by atomic mass is 10.1. The Bertz CT molecular complexity index is 1020. The van der Waals surface area contributed by atoms with E-state index in [0.717, 1.165) is 37.4 Å². The number of nitrogens with zero attached hydrogens (tertiary/aromatic N) is 2. The fraction of sp³-hybridized carbons (Fsp3) is 0.238. The number of hydrogen-bond acceptors (Lipinski definition) is 5. The van der Waals surface area contributed by atoms with E-state index in [1.54, 1.807) is 18.2 Å². The minimum Gasteiger partial charge on any atom is -0.378 e. The molecule has 0 saturated carbocycles. The van der Waals surface area contributed by atoms with Crippen molar-refractivity contribution in [2.45, 2.75) is 6.92 Å². The largest absolute Gasteiger partial charge is 0.378 e. The van der Waals surface area contributed by atoms with Gasteiger partial charge in [-0.15, -0.1) is 0 Å². The molecule has 2 aromatic carbocycles. The molecule has 2 heterocycles. The number of thioether (sulfide) groups is 1. The van der Waals surface area contributed by atoms with E-state index in [0.29, 0.717) is 25.8 Å². The molecule has 2 aliphatic rings. The molecule has 0 radical (unpaired) electrons. The summed E-state index contributed by atoms with van der Waals surface area (Å²) in [5.41, 5.74) is 3.81. The highest BCUT2D eigenvalue weighted by molar-refractivity contribution is 8.18. The van der Waals surface area contributed by atoms with Crippen molar-refractivity contribution in [3.05, 3.63) is 62.5 Å². The van der Waals surface area contributed by atoms with E-state index < -0.39 is 0 Å². The number of aryl methyl sites for hydroxylation is 1. The first-order chi connectivity index (χ1) is 14.0. The SMILES string of the molecule is Cc1cc(N2CCOCC2)ccc1/C=C1\SC(=Nc2cccc(Cl)c2Cl)NC1=O. The Balaban J connectivity index is 1.54. The van der Waals surface area contributed by atoms with Gasteiger partial charge in [-0.3, -0.25) is 4.79 Å². The van der Waals surface area contributed by atoms with Crippen molar-refractivity contribution < 1.29 is 9.53 Å². The molecule has 5 nitrogen and oxygen atoms in total. The third kappa shape index (κ3) is 4.61. The summed E-state index contributed by atoms with van der Waals surface area (Å²) >= 11 is 13.5. The van der Waals surface area contributed by atoms with Gasteiger partial charge in [0, 0.05) is 18.8 Å². The molecule has 2 saturated heterocycles. The molecule has 0 aliphatic carbocycles. The first kappa shape index (κ1) is 20.3. The Kier molecular flexibility index (Phi) is 6.15. The number of amidine groups is 1. The van der Waals surface area contributed by atoms with Crippen molar-refractivity contribution >= 4 is 63.5 Å². The van der Waals surface area contributed by atoms with Crippen molar-refractivity contribution in [3.8, 4) is 0 Å². The Morgan fingerprint density at radius 2 is 2.00 bits per heavy atom. The molecule has 0 bridgehead atoms. The van der Waals surface area contributed by atoms with E-state index in [1.165, 1.54) is 17.4 Å². The maximum Gasteiger partial charge on any atom is 0.264 e. The summed E-state index contributed by atoms with van der Waals surface area (Å²) in [4.78, 5) is 19.7. The topological polar surface area (TPSA) is 53.9 Å². The smallest absolute Gasteiger partial charge is 0.264 e. The minimum atomic E-state index is -0.177. The zero-order valence-electron chi connectivity index (χ0n) is 15.7. The number of rotatable bonds is 3. The molecule has 8 heteroatoms. The second kappa shape index (κ2) is 8.79. The predicted molar refractivity (Wildman–Crippen MR) is 121 cm³/mol. The molecule has 2 aromatic rings. The maximum absolute atomic E-state index is 12.4. The minimum absolute atomic E-state index is 0.177. The average Bonchev–Trinajstić information content (AvgIpc) is 3.06. The van der Waals surface area contributed by atoms with Gasteiger partial charge in [0.2, 0.25) is 0 Å². The molecule has 2 fully saturated rings. The molecule has 0 atom stereocenters. The normalized spacial score (nSPS) is 19.8. The van der Waals surface area contributed by atoms with Crippen LogP contribution < -0.4 is 10.2 Å². The van der Waals surface area contributed by atoms with Crippen LogP contribution >= 0.6 is 35.0 Å². The van der Waals surface area contributed by atoms with E-state index in [1.807, 2.05) is 12.1 Å². The molecular formula is C21H19Cl2N3O2S. The van der Waals surface area contributed by atoms with Crippen LogP contribution in [0.15, 0.2) is 46.3 Å². The summed E-state index contributed by atoms with van der Waals surface area (Å²) in [6, 6.07) is 11.5. The van der Waals surface area contributed by atoms with Gasteiger partial charge in [0.25, 0.3) is 5.91 Å². The van der Waals surface area contributed by atoms with Crippen LogP contribution in [0, 0.1) is 6.92 Å². The second-order valence-corrected chi connectivity index (χ2v) is 8.51. The lowest BCUT2D eigenvalue weighted by molar-refractivity contribution is -0.115. The number of morpholine rings is 1. The van der Waals surface area contributed by atoms with Gasteiger partial charge in [-0.05, 0) is 60.2 Å². The van der Waals surface area contributed by atoms with Crippen LogP contribution in [0.25, 0.3) is 6.08 Å². The van der Waals surface area contributed by atoms with E-state index in [9.17, 15) is 4.79 Å². The number of nitrogens with one attached hydrogen (secondary N) is 1.